The quantitative estimate of drug-likeness (QED) is 0.756. The second-order valence-corrected chi connectivity index (χ2v) is 4.16. The van der Waals surface area contributed by atoms with E-state index in [4.69, 9.17) is 4.74 Å². The predicted molar refractivity (Wildman–Crippen MR) is 58.3 cm³/mol. The molecular formula is C11H18N2O2. The first-order valence-electron chi connectivity index (χ1n) is 4.90. The number of ether oxygens (including phenoxy) is 1. The van der Waals surface area contributed by atoms with Gasteiger partial charge in [0.1, 0.15) is 5.54 Å². The molecule has 0 spiro atoms. The Morgan fingerprint density at radius 1 is 1.60 bits per heavy atom. The lowest BCUT2D eigenvalue weighted by Crippen LogP contribution is -2.46. The molecule has 1 heterocycles. The van der Waals surface area contributed by atoms with Crippen LogP contribution < -0.4 is 5.32 Å². The van der Waals surface area contributed by atoms with Gasteiger partial charge in [-0.2, -0.15) is 0 Å². The molecule has 1 rings (SSSR count). The van der Waals surface area contributed by atoms with Crippen LogP contribution in [0.4, 0.5) is 0 Å². The van der Waals surface area contributed by atoms with Gasteiger partial charge in [0.05, 0.1) is 7.11 Å². The van der Waals surface area contributed by atoms with E-state index in [2.05, 4.69) is 5.32 Å². The standard InChI is InChI=1S/C11H18N2O2/c1-11(2,10(14)15-4)12-7-9-5-6-13(3)8-9/h5-6,8,12H,7H2,1-4H3. The van der Waals surface area contributed by atoms with E-state index in [-0.39, 0.29) is 5.97 Å². The van der Waals surface area contributed by atoms with E-state index in [0.29, 0.717) is 6.54 Å². The Morgan fingerprint density at radius 3 is 2.73 bits per heavy atom. The summed E-state index contributed by atoms with van der Waals surface area (Å²) in [5.41, 5.74) is 0.499. The molecule has 1 aromatic rings. The predicted octanol–water partition coefficient (Wildman–Crippen LogP) is 1.07. The van der Waals surface area contributed by atoms with Crippen LogP contribution in [0.25, 0.3) is 0 Å². The highest BCUT2D eigenvalue weighted by molar-refractivity contribution is 5.79. The molecule has 84 valence electrons. The highest BCUT2D eigenvalue weighted by Gasteiger charge is 2.27. The van der Waals surface area contributed by atoms with Crippen LogP contribution >= 0.6 is 0 Å². The molecule has 4 nitrogen and oxygen atoms in total. The Hall–Kier alpha value is -1.29. The number of rotatable bonds is 4. The van der Waals surface area contributed by atoms with Crippen LogP contribution in [0, 0.1) is 0 Å². The minimum Gasteiger partial charge on any atom is -0.468 e. The number of nitrogens with zero attached hydrogens (tertiary/aromatic N) is 1. The number of hydrogen-bond donors (Lipinski definition) is 1. The molecule has 0 bridgehead atoms. The fourth-order valence-electron chi connectivity index (χ4n) is 1.32. The van der Waals surface area contributed by atoms with Crippen LogP contribution in [0.2, 0.25) is 0 Å². The second-order valence-electron chi connectivity index (χ2n) is 4.16. The average Bonchev–Trinajstić information content (AvgIpc) is 2.60. The van der Waals surface area contributed by atoms with E-state index in [0.717, 1.165) is 5.56 Å². The minimum atomic E-state index is -0.648. The average molecular weight is 210 g/mol. The Bertz CT molecular complexity index is 342. The van der Waals surface area contributed by atoms with E-state index >= 15 is 0 Å². The summed E-state index contributed by atoms with van der Waals surface area (Å²) in [7, 11) is 3.36. The molecule has 0 aliphatic carbocycles. The summed E-state index contributed by atoms with van der Waals surface area (Å²) < 4.78 is 6.68. The smallest absolute Gasteiger partial charge is 0.325 e. The Kier molecular flexibility index (Phi) is 3.52. The summed E-state index contributed by atoms with van der Waals surface area (Å²) in [6.07, 6.45) is 3.99. The molecule has 0 aromatic carbocycles. The van der Waals surface area contributed by atoms with E-state index in [1.165, 1.54) is 7.11 Å². The number of carbonyl (C=O) groups excluding carboxylic acids is 1. The minimum absolute atomic E-state index is 0.251. The van der Waals surface area contributed by atoms with Crippen molar-refractivity contribution in [3.63, 3.8) is 0 Å². The zero-order chi connectivity index (χ0) is 11.5. The van der Waals surface area contributed by atoms with Crippen molar-refractivity contribution in [2.45, 2.75) is 25.9 Å². The number of methoxy groups -OCH3 is 1. The highest BCUT2D eigenvalue weighted by Crippen LogP contribution is 2.07. The zero-order valence-corrected chi connectivity index (χ0v) is 9.70. The lowest BCUT2D eigenvalue weighted by atomic mass is 10.1. The van der Waals surface area contributed by atoms with Gasteiger partial charge in [0.25, 0.3) is 0 Å². The van der Waals surface area contributed by atoms with E-state index in [1.807, 2.05) is 43.9 Å². The van der Waals surface area contributed by atoms with Gasteiger partial charge >= 0.3 is 5.97 Å². The number of aryl methyl sites for hydroxylation is 1. The third kappa shape index (κ3) is 3.09. The maximum absolute atomic E-state index is 11.4. The van der Waals surface area contributed by atoms with Crippen molar-refractivity contribution in [1.29, 1.82) is 0 Å². The van der Waals surface area contributed by atoms with E-state index in [1.54, 1.807) is 0 Å². The maximum Gasteiger partial charge on any atom is 0.325 e. The lowest BCUT2D eigenvalue weighted by Gasteiger charge is -2.22. The van der Waals surface area contributed by atoms with Crippen molar-refractivity contribution in [1.82, 2.24) is 9.88 Å². The van der Waals surface area contributed by atoms with Crippen LogP contribution in [0.5, 0.6) is 0 Å². The normalized spacial score (nSPS) is 11.5. The molecule has 0 fully saturated rings. The van der Waals surface area contributed by atoms with Crippen LogP contribution in [0.1, 0.15) is 19.4 Å². The molecule has 1 N–H and O–H groups in total. The molecule has 0 atom stereocenters. The molecule has 0 radical (unpaired) electrons. The summed E-state index contributed by atoms with van der Waals surface area (Å²) in [6, 6.07) is 2.01. The number of aromatic nitrogens is 1. The zero-order valence-electron chi connectivity index (χ0n) is 9.70. The largest absolute Gasteiger partial charge is 0.468 e. The Morgan fingerprint density at radius 2 is 2.27 bits per heavy atom. The summed E-state index contributed by atoms with van der Waals surface area (Å²) in [4.78, 5) is 11.4. The van der Waals surface area contributed by atoms with Crippen LogP contribution in [-0.4, -0.2) is 23.2 Å². The molecule has 0 unspecified atom stereocenters. The third-order valence-corrected chi connectivity index (χ3v) is 2.32. The van der Waals surface area contributed by atoms with Gasteiger partial charge in [-0.15, -0.1) is 0 Å². The van der Waals surface area contributed by atoms with Crippen LogP contribution in [0.15, 0.2) is 18.5 Å². The lowest BCUT2D eigenvalue weighted by molar-refractivity contribution is -0.147. The Balaban J connectivity index is 2.53. The number of hydrogen-bond acceptors (Lipinski definition) is 3. The van der Waals surface area contributed by atoms with Gasteiger partial charge in [0.2, 0.25) is 0 Å². The number of esters is 1. The van der Waals surface area contributed by atoms with Gasteiger partial charge in [0.15, 0.2) is 0 Å². The first-order chi connectivity index (χ1) is 6.95. The first-order valence-corrected chi connectivity index (χ1v) is 4.90. The highest BCUT2D eigenvalue weighted by atomic mass is 16.5. The van der Waals surface area contributed by atoms with E-state index in [9.17, 15) is 4.79 Å². The van der Waals surface area contributed by atoms with E-state index < -0.39 is 5.54 Å². The van der Waals surface area contributed by atoms with Crippen molar-refractivity contribution < 1.29 is 9.53 Å². The van der Waals surface area contributed by atoms with Gasteiger partial charge in [-0.05, 0) is 25.5 Å². The summed E-state index contributed by atoms with van der Waals surface area (Å²) in [5.74, 6) is -0.251. The Labute approximate surface area is 90.2 Å². The van der Waals surface area contributed by atoms with Gasteiger partial charge in [-0.3, -0.25) is 10.1 Å². The molecule has 0 aliphatic rings. The summed E-state index contributed by atoms with van der Waals surface area (Å²) in [5, 5.41) is 3.15. The van der Waals surface area contributed by atoms with Crippen molar-refractivity contribution in [3.8, 4) is 0 Å². The van der Waals surface area contributed by atoms with Crippen molar-refractivity contribution in [2.75, 3.05) is 7.11 Å². The molecule has 0 saturated carbocycles. The summed E-state index contributed by atoms with van der Waals surface area (Å²) in [6.45, 7) is 4.27. The maximum atomic E-state index is 11.4. The summed E-state index contributed by atoms with van der Waals surface area (Å²) >= 11 is 0. The fraction of sp³-hybridized carbons (Fsp3) is 0.545. The molecule has 0 amide bonds. The second kappa shape index (κ2) is 4.49. The van der Waals surface area contributed by atoms with Gasteiger partial charge in [-0.25, -0.2) is 0 Å². The van der Waals surface area contributed by atoms with Gasteiger partial charge in [-0.1, -0.05) is 0 Å². The molecule has 0 aliphatic heterocycles. The topological polar surface area (TPSA) is 43.3 Å². The number of nitrogens with one attached hydrogen (secondary N) is 1. The van der Waals surface area contributed by atoms with Gasteiger partial charge < -0.3 is 9.30 Å². The van der Waals surface area contributed by atoms with Crippen LogP contribution in [-0.2, 0) is 23.1 Å². The van der Waals surface area contributed by atoms with Gasteiger partial charge in [0, 0.05) is 26.0 Å². The molecular weight excluding hydrogens is 192 g/mol. The molecule has 15 heavy (non-hydrogen) atoms. The van der Waals surface area contributed by atoms with Crippen molar-refractivity contribution >= 4 is 5.97 Å². The monoisotopic (exact) mass is 210 g/mol. The van der Waals surface area contributed by atoms with Crippen molar-refractivity contribution in [2.24, 2.45) is 7.05 Å². The third-order valence-electron chi connectivity index (χ3n) is 2.32. The number of carbonyl (C=O) groups is 1. The SMILES string of the molecule is COC(=O)C(C)(C)NCc1ccn(C)c1. The molecule has 1 aromatic heterocycles. The fourth-order valence-corrected chi connectivity index (χ4v) is 1.32. The van der Waals surface area contributed by atoms with Crippen molar-refractivity contribution in [3.05, 3.63) is 24.0 Å². The molecule has 4 heteroatoms. The van der Waals surface area contributed by atoms with Crippen LogP contribution in [0.3, 0.4) is 0 Å². The molecule has 0 saturated heterocycles. The first kappa shape index (κ1) is 11.8.